The van der Waals surface area contributed by atoms with Gasteiger partial charge in [0.05, 0.1) is 23.0 Å². The monoisotopic (exact) mass is 593 g/mol. The molecule has 0 spiro atoms. The highest BCUT2D eigenvalue weighted by Gasteiger charge is 2.38. The van der Waals surface area contributed by atoms with Gasteiger partial charge in [-0.25, -0.2) is 13.6 Å². The molecule has 1 aliphatic carbocycles. The summed E-state index contributed by atoms with van der Waals surface area (Å²) in [5.74, 6) is -1.76. The number of rotatable bonds is 6. The van der Waals surface area contributed by atoms with E-state index in [-0.39, 0.29) is 30.6 Å². The number of carbonyl (C=O) groups excluding carboxylic acids is 1. The Morgan fingerprint density at radius 1 is 1.00 bits per heavy atom. The zero-order valence-electron chi connectivity index (χ0n) is 22.3. The molecule has 0 radical (unpaired) electrons. The van der Waals surface area contributed by atoms with E-state index in [1.807, 2.05) is 12.1 Å². The molecule has 1 unspecified atom stereocenters. The van der Waals surface area contributed by atoms with Crippen LogP contribution >= 0.6 is 7.14 Å². The second-order valence-corrected chi connectivity index (χ2v) is 14.0. The average molecular weight is 594 g/mol. The van der Waals surface area contributed by atoms with E-state index in [1.165, 1.54) is 4.90 Å². The fraction of sp³-hybridized carbons (Fsp3) is 0.345. The molecule has 41 heavy (non-hydrogen) atoms. The van der Waals surface area contributed by atoms with Crippen LogP contribution in [0.1, 0.15) is 36.3 Å². The summed E-state index contributed by atoms with van der Waals surface area (Å²) in [4.78, 5) is 13.9. The number of carbonyl (C=O) groups is 1. The van der Waals surface area contributed by atoms with E-state index in [9.17, 15) is 32.0 Å². The molecular weight excluding hydrogens is 564 g/mol. The van der Waals surface area contributed by atoms with Crippen LogP contribution in [-0.2, 0) is 10.7 Å². The molecule has 2 amide bonds. The molecule has 2 atom stereocenters. The summed E-state index contributed by atoms with van der Waals surface area (Å²) in [7, 11) is -2.66. The third kappa shape index (κ3) is 5.97. The Balaban J connectivity index is 1.35. The third-order valence-electron chi connectivity index (χ3n) is 7.45. The van der Waals surface area contributed by atoms with Gasteiger partial charge in [-0.2, -0.15) is 13.2 Å². The lowest BCUT2D eigenvalue weighted by molar-refractivity contribution is -0.137. The van der Waals surface area contributed by atoms with Gasteiger partial charge in [0.25, 0.3) is 0 Å². The number of aliphatic hydroxyl groups is 1. The van der Waals surface area contributed by atoms with Gasteiger partial charge in [-0.3, -0.25) is 0 Å². The number of aliphatic hydroxyl groups excluding tert-OH is 1. The lowest BCUT2D eigenvalue weighted by atomic mass is 9.95. The molecule has 218 valence electrons. The van der Waals surface area contributed by atoms with Gasteiger partial charge in [-0.15, -0.1) is 0 Å². The first-order chi connectivity index (χ1) is 19.3. The van der Waals surface area contributed by atoms with Crippen molar-refractivity contribution in [2.45, 2.75) is 43.6 Å². The molecule has 3 N–H and O–H groups in total. The van der Waals surface area contributed by atoms with Crippen LogP contribution in [0, 0.1) is 11.6 Å². The van der Waals surface area contributed by atoms with Gasteiger partial charge < -0.3 is 25.2 Å². The zero-order valence-corrected chi connectivity index (χ0v) is 23.2. The number of nitrogens with zero attached hydrogens (tertiary/aromatic N) is 1. The SMILES string of the molecule is CP(C)(=O)c1ccccc1-c1ccc(N2CC[C@@H](NC(=O)Nc3ccc(C(F)(F)F)cc3F)C2O)c(F)c1C1CC1. The number of hydrogen-bond donors (Lipinski definition) is 3. The Hall–Kier alpha value is -3.43. The largest absolute Gasteiger partial charge is 0.416 e. The second kappa shape index (κ2) is 10.8. The Labute approximate surface area is 233 Å². The van der Waals surface area contributed by atoms with Crippen molar-refractivity contribution >= 4 is 29.9 Å². The number of benzene rings is 3. The first kappa shape index (κ1) is 29.1. The number of halogens is 5. The average Bonchev–Trinajstić information content (AvgIpc) is 3.67. The first-order valence-corrected chi connectivity index (χ1v) is 15.7. The lowest BCUT2D eigenvalue weighted by Gasteiger charge is -2.28. The van der Waals surface area contributed by atoms with Crippen molar-refractivity contribution in [2.24, 2.45) is 0 Å². The van der Waals surface area contributed by atoms with E-state index < -0.39 is 54.5 Å². The normalized spacial score (nSPS) is 19.4. The van der Waals surface area contributed by atoms with Crippen LogP contribution in [0.15, 0.2) is 54.6 Å². The molecular formula is C29H29F5N3O3P. The molecule has 0 bridgehead atoms. The fourth-order valence-electron chi connectivity index (χ4n) is 5.29. The van der Waals surface area contributed by atoms with Crippen molar-refractivity contribution in [3.8, 4) is 11.1 Å². The van der Waals surface area contributed by atoms with Gasteiger partial charge >= 0.3 is 12.2 Å². The van der Waals surface area contributed by atoms with Crippen molar-refractivity contribution < 1.29 is 36.4 Å². The molecule has 5 rings (SSSR count). The smallest absolute Gasteiger partial charge is 0.371 e. The van der Waals surface area contributed by atoms with Gasteiger partial charge in [-0.05, 0) is 73.9 Å². The number of anilines is 2. The number of alkyl halides is 3. The Morgan fingerprint density at radius 2 is 1.71 bits per heavy atom. The molecule has 1 saturated carbocycles. The highest BCUT2D eigenvalue weighted by atomic mass is 31.2. The molecule has 3 aromatic rings. The Bertz CT molecular complexity index is 1540. The predicted molar refractivity (Wildman–Crippen MR) is 148 cm³/mol. The summed E-state index contributed by atoms with van der Waals surface area (Å²) < 4.78 is 81.7. The minimum atomic E-state index is -4.73. The van der Waals surface area contributed by atoms with Crippen LogP contribution in [0.4, 0.5) is 38.1 Å². The summed E-state index contributed by atoms with van der Waals surface area (Å²) >= 11 is 0. The van der Waals surface area contributed by atoms with Crippen molar-refractivity contribution in [3.63, 3.8) is 0 Å². The Kier molecular flexibility index (Phi) is 7.63. The number of hydrogen-bond acceptors (Lipinski definition) is 4. The van der Waals surface area contributed by atoms with Crippen LogP contribution < -0.4 is 20.8 Å². The van der Waals surface area contributed by atoms with Crippen molar-refractivity contribution in [2.75, 3.05) is 30.1 Å². The topological polar surface area (TPSA) is 81.7 Å². The van der Waals surface area contributed by atoms with Crippen LogP contribution in [-0.4, -0.2) is 43.3 Å². The standard InChI is InChI=1S/C29H29F5N3O3P/c1-41(2,40)24-6-4-3-5-18(24)19-10-12-23(26(31)25(19)16-7-8-16)37-14-13-22(27(37)38)36-28(39)35-21-11-9-17(15-20(21)30)29(32,33)34/h3-6,9-12,15-16,22,27,38H,7-8,13-14H2,1-2H3,(H2,35,36,39)/t22-,27?/m1/s1. The minimum absolute atomic E-state index is 0.0100. The zero-order chi connectivity index (χ0) is 29.7. The molecule has 1 heterocycles. The van der Waals surface area contributed by atoms with E-state index in [4.69, 9.17) is 0 Å². The second-order valence-electron chi connectivity index (χ2n) is 10.8. The van der Waals surface area contributed by atoms with Gasteiger partial charge in [0.2, 0.25) is 0 Å². The summed E-state index contributed by atoms with van der Waals surface area (Å²) in [6.07, 6.45) is -4.20. The van der Waals surface area contributed by atoms with Crippen molar-refractivity contribution in [1.29, 1.82) is 0 Å². The summed E-state index contributed by atoms with van der Waals surface area (Å²) in [5.41, 5.74) is 0.386. The fourth-order valence-corrected chi connectivity index (χ4v) is 6.51. The van der Waals surface area contributed by atoms with Gasteiger partial charge in [-0.1, -0.05) is 30.3 Å². The lowest BCUT2D eigenvalue weighted by Crippen LogP contribution is -2.46. The summed E-state index contributed by atoms with van der Waals surface area (Å²) in [6, 6.07) is 10.5. The quantitative estimate of drug-likeness (QED) is 0.225. The van der Waals surface area contributed by atoms with Crippen LogP contribution in [0.3, 0.4) is 0 Å². The van der Waals surface area contributed by atoms with Gasteiger partial charge in [0, 0.05) is 17.4 Å². The third-order valence-corrected chi connectivity index (χ3v) is 9.00. The maximum absolute atomic E-state index is 16.2. The number of amides is 2. The molecule has 6 nitrogen and oxygen atoms in total. The van der Waals surface area contributed by atoms with Crippen LogP contribution in [0.5, 0.6) is 0 Å². The number of nitrogens with one attached hydrogen (secondary N) is 2. The molecule has 3 aromatic carbocycles. The predicted octanol–water partition coefficient (Wildman–Crippen LogP) is 6.49. The van der Waals surface area contributed by atoms with E-state index in [1.54, 1.807) is 37.6 Å². The summed E-state index contributed by atoms with van der Waals surface area (Å²) in [6.45, 7) is 3.54. The molecule has 1 saturated heterocycles. The molecule has 2 fully saturated rings. The Morgan fingerprint density at radius 3 is 2.34 bits per heavy atom. The van der Waals surface area contributed by atoms with Crippen molar-refractivity contribution in [1.82, 2.24) is 5.32 Å². The molecule has 1 aliphatic heterocycles. The molecule has 2 aliphatic rings. The minimum Gasteiger partial charge on any atom is -0.371 e. The van der Waals surface area contributed by atoms with Gasteiger partial charge in [0.15, 0.2) is 5.82 Å². The molecule has 12 heteroatoms. The van der Waals surface area contributed by atoms with Crippen LogP contribution in [0.25, 0.3) is 11.1 Å². The van der Waals surface area contributed by atoms with E-state index in [0.717, 1.165) is 18.9 Å². The van der Waals surface area contributed by atoms with Crippen molar-refractivity contribution in [3.05, 3.63) is 77.4 Å². The maximum atomic E-state index is 16.2. The van der Waals surface area contributed by atoms with E-state index >= 15 is 4.39 Å². The maximum Gasteiger partial charge on any atom is 0.416 e. The highest BCUT2D eigenvalue weighted by molar-refractivity contribution is 7.70. The number of urea groups is 1. The highest BCUT2D eigenvalue weighted by Crippen LogP contribution is 2.49. The molecule has 0 aromatic heterocycles. The van der Waals surface area contributed by atoms with E-state index in [2.05, 4.69) is 10.6 Å². The van der Waals surface area contributed by atoms with Crippen LogP contribution in [0.2, 0.25) is 0 Å². The first-order valence-electron chi connectivity index (χ1n) is 13.1. The van der Waals surface area contributed by atoms with E-state index in [0.29, 0.717) is 28.1 Å². The summed E-state index contributed by atoms with van der Waals surface area (Å²) in [5, 5.41) is 16.3. The van der Waals surface area contributed by atoms with Gasteiger partial charge in [0.1, 0.15) is 19.2 Å².